The molecule has 6 nitrogen and oxygen atoms in total. The monoisotopic (exact) mass is 443 g/mol. The molecule has 2 aromatic carbocycles. The smallest absolute Gasteiger partial charge is 0.255 e. The van der Waals surface area contributed by atoms with Gasteiger partial charge in [-0.2, -0.15) is 0 Å². The van der Waals surface area contributed by atoms with Crippen molar-refractivity contribution in [3.63, 3.8) is 0 Å². The van der Waals surface area contributed by atoms with Crippen molar-refractivity contribution in [2.45, 2.75) is 40.2 Å². The topological polar surface area (TPSA) is 78.5 Å². The van der Waals surface area contributed by atoms with Crippen molar-refractivity contribution in [2.75, 3.05) is 18.4 Å². The van der Waals surface area contributed by atoms with E-state index in [0.29, 0.717) is 36.3 Å². The minimum atomic E-state index is -0.714. The van der Waals surface area contributed by atoms with Gasteiger partial charge in [0, 0.05) is 24.3 Å². The van der Waals surface area contributed by atoms with E-state index in [1.165, 1.54) is 0 Å². The molecule has 7 heteroatoms. The van der Waals surface area contributed by atoms with Crippen molar-refractivity contribution in [3.05, 3.63) is 64.7 Å². The van der Waals surface area contributed by atoms with Crippen LogP contribution in [0.25, 0.3) is 0 Å². The lowest BCUT2D eigenvalue weighted by molar-refractivity contribution is -0.119. The maximum Gasteiger partial charge on any atom is 0.255 e. The van der Waals surface area contributed by atoms with E-state index in [-0.39, 0.29) is 28.7 Å². The first-order valence-corrected chi connectivity index (χ1v) is 11.0. The number of rotatable bonds is 9. The molecule has 0 aliphatic rings. The SMILES string of the molecule is CCC(C)C(NC(=O)c1ccccc1)C(=O)Nc1ccc(C(=O)N(CC)CC)c(Cl)c1. The van der Waals surface area contributed by atoms with Crippen molar-refractivity contribution < 1.29 is 14.4 Å². The molecule has 0 bridgehead atoms. The second-order valence-corrected chi connectivity index (χ2v) is 7.77. The van der Waals surface area contributed by atoms with E-state index in [1.807, 2.05) is 33.8 Å². The zero-order valence-electron chi connectivity index (χ0n) is 18.4. The van der Waals surface area contributed by atoms with Gasteiger partial charge in [-0.15, -0.1) is 0 Å². The predicted octanol–water partition coefficient (Wildman–Crippen LogP) is 4.61. The highest BCUT2D eigenvalue weighted by atomic mass is 35.5. The zero-order chi connectivity index (χ0) is 23.0. The number of anilines is 1. The molecule has 31 heavy (non-hydrogen) atoms. The summed E-state index contributed by atoms with van der Waals surface area (Å²) in [5, 5.41) is 5.92. The summed E-state index contributed by atoms with van der Waals surface area (Å²) in [4.78, 5) is 39.8. The molecule has 0 aliphatic heterocycles. The number of carbonyl (C=O) groups is 3. The lowest BCUT2D eigenvalue weighted by atomic mass is 9.97. The second kappa shape index (κ2) is 11.5. The molecule has 0 aliphatic carbocycles. The molecule has 3 amide bonds. The fraction of sp³-hybridized carbons (Fsp3) is 0.375. The summed E-state index contributed by atoms with van der Waals surface area (Å²) in [5.41, 5.74) is 1.35. The molecule has 2 aromatic rings. The minimum absolute atomic E-state index is 0.0772. The number of nitrogens with zero attached hydrogens (tertiary/aromatic N) is 1. The van der Waals surface area contributed by atoms with Crippen molar-refractivity contribution in [3.8, 4) is 0 Å². The van der Waals surface area contributed by atoms with E-state index in [0.717, 1.165) is 0 Å². The average molecular weight is 444 g/mol. The largest absolute Gasteiger partial charge is 0.340 e. The molecule has 166 valence electrons. The van der Waals surface area contributed by atoms with Crippen molar-refractivity contribution in [1.82, 2.24) is 10.2 Å². The molecule has 2 atom stereocenters. The molecule has 0 radical (unpaired) electrons. The average Bonchev–Trinajstić information content (AvgIpc) is 2.78. The fourth-order valence-electron chi connectivity index (χ4n) is 3.18. The molecule has 0 saturated carbocycles. The molecule has 0 heterocycles. The third-order valence-corrected chi connectivity index (χ3v) is 5.65. The normalized spacial score (nSPS) is 12.5. The van der Waals surface area contributed by atoms with Crippen molar-refractivity contribution >= 4 is 35.0 Å². The van der Waals surface area contributed by atoms with Crippen LogP contribution in [0.3, 0.4) is 0 Å². The van der Waals surface area contributed by atoms with E-state index in [1.54, 1.807) is 47.4 Å². The highest BCUT2D eigenvalue weighted by molar-refractivity contribution is 6.34. The van der Waals surface area contributed by atoms with Crippen LogP contribution in [0.4, 0.5) is 5.69 Å². The van der Waals surface area contributed by atoms with Gasteiger partial charge < -0.3 is 15.5 Å². The summed E-state index contributed by atoms with van der Waals surface area (Å²) in [6, 6.07) is 12.9. The Bertz CT molecular complexity index is 914. The van der Waals surface area contributed by atoms with Crippen LogP contribution in [0, 0.1) is 5.92 Å². The first-order valence-electron chi connectivity index (χ1n) is 10.6. The third-order valence-electron chi connectivity index (χ3n) is 5.34. The minimum Gasteiger partial charge on any atom is -0.340 e. The van der Waals surface area contributed by atoms with E-state index >= 15 is 0 Å². The van der Waals surface area contributed by atoms with Crippen LogP contribution in [0.5, 0.6) is 0 Å². The number of hydrogen-bond donors (Lipinski definition) is 2. The van der Waals surface area contributed by atoms with E-state index in [4.69, 9.17) is 11.6 Å². The fourth-order valence-corrected chi connectivity index (χ4v) is 3.44. The van der Waals surface area contributed by atoms with E-state index < -0.39 is 6.04 Å². The summed E-state index contributed by atoms with van der Waals surface area (Å²) in [5.74, 6) is -0.871. The van der Waals surface area contributed by atoms with Crippen molar-refractivity contribution in [2.24, 2.45) is 5.92 Å². The number of nitrogens with one attached hydrogen (secondary N) is 2. The summed E-state index contributed by atoms with van der Waals surface area (Å²) >= 11 is 6.33. The zero-order valence-corrected chi connectivity index (χ0v) is 19.2. The van der Waals surface area contributed by atoms with Crippen LogP contribution < -0.4 is 10.6 Å². The van der Waals surface area contributed by atoms with E-state index in [2.05, 4.69) is 10.6 Å². The number of hydrogen-bond acceptors (Lipinski definition) is 3. The number of halogens is 1. The Hall–Kier alpha value is -2.86. The molecule has 2 rings (SSSR count). The van der Waals surface area contributed by atoms with Gasteiger partial charge in [0.25, 0.3) is 11.8 Å². The van der Waals surface area contributed by atoms with Crippen LogP contribution in [0.1, 0.15) is 54.8 Å². The lowest BCUT2D eigenvalue weighted by Gasteiger charge is -2.24. The Balaban J connectivity index is 2.17. The highest BCUT2D eigenvalue weighted by Crippen LogP contribution is 2.23. The number of carbonyl (C=O) groups excluding carboxylic acids is 3. The number of amides is 3. The second-order valence-electron chi connectivity index (χ2n) is 7.36. The van der Waals surface area contributed by atoms with Gasteiger partial charge in [-0.05, 0) is 50.1 Å². The van der Waals surface area contributed by atoms with E-state index in [9.17, 15) is 14.4 Å². The Labute approximate surface area is 189 Å². The van der Waals surface area contributed by atoms with Gasteiger partial charge >= 0.3 is 0 Å². The number of benzene rings is 2. The first kappa shape index (κ1) is 24.4. The maximum atomic E-state index is 13.0. The maximum absolute atomic E-state index is 13.0. The summed E-state index contributed by atoms with van der Waals surface area (Å²) in [6.45, 7) is 8.85. The molecule has 0 saturated heterocycles. The van der Waals surface area contributed by atoms with Crippen LogP contribution in [-0.4, -0.2) is 41.8 Å². The van der Waals surface area contributed by atoms with Crippen LogP contribution in [-0.2, 0) is 4.79 Å². The summed E-state index contributed by atoms with van der Waals surface area (Å²) in [7, 11) is 0. The highest BCUT2D eigenvalue weighted by Gasteiger charge is 2.27. The lowest BCUT2D eigenvalue weighted by Crippen LogP contribution is -2.47. The van der Waals surface area contributed by atoms with Crippen molar-refractivity contribution in [1.29, 1.82) is 0 Å². The van der Waals surface area contributed by atoms with Gasteiger partial charge in [-0.25, -0.2) is 0 Å². The Kier molecular flexibility index (Phi) is 9.06. The van der Waals surface area contributed by atoms with Gasteiger partial charge in [-0.3, -0.25) is 14.4 Å². The summed E-state index contributed by atoms with van der Waals surface area (Å²) in [6.07, 6.45) is 0.714. The Morgan fingerprint density at radius 3 is 2.19 bits per heavy atom. The standard InChI is InChI=1S/C24H30ClN3O3/c1-5-16(4)21(27-22(29)17-11-9-8-10-12-17)23(30)26-18-13-14-19(20(25)15-18)24(31)28(6-2)7-3/h8-16,21H,5-7H2,1-4H3,(H,26,30)(H,27,29). The molecular formula is C24H30ClN3O3. The molecule has 2 unspecified atom stereocenters. The molecule has 0 spiro atoms. The van der Waals surface area contributed by atoms with Crippen LogP contribution in [0.15, 0.2) is 48.5 Å². The van der Waals surface area contributed by atoms with Gasteiger partial charge in [0.1, 0.15) is 6.04 Å². The molecular weight excluding hydrogens is 414 g/mol. The summed E-state index contributed by atoms with van der Waals surface area (Å²) < 4.78 is 0. The quantitative estimate of drug-likeness (QED) is 0.594. The molecule has 0 fully saturated rings. The van der Waals surface area contributed by atoms with Gasteiger partial charge in [0.2, 0.25) is 5.91 Å². The van der Waals surface area contributed by atoms with Gasteiger partial charge in [0.15, 0.2) is 0 Å². The first-order chi connectivity index (χ1) is 14.8. The Morgan fingerprint density at radius 1 is 1.00 bits per heavy atom. The molecule has 0 aromatic heterocycles. The third kappa shape index (κ3) is 6.31. The van der Waals surface area contributed by atoms with Crippen LogP contribution >= 0.6 is 11.6 Å². The van der Waals surface area contributed by atoms with Crippen LogP contribution in [0.2, 0.25) is 5.02 Å². The van der Waals surface area contributed by atoms with Gasteiger partial charge in [-0.1, -0.05) is 50.1 Å². The van der Waals surface area contributed by atoms with Gasteiger partial charge in [0.05, 0.1) is 10.6 Å². The predicted molar refractivity (Wildman–Crippen MR) is 124 cm³/mol. The molecule has 2 N–H and O–H groups in total. The Morgan fingerprint density at radius 2 is 1.65 bits per heavy atom.